The zero-order chi connectivity index (χ0) is 19.0. The Kier molecular flexibility index (Phi) is 4.25. The SMILES string of the molecule is O=C(Cc1ccccc1)C1NCC[C@@]2(c3ccccc3)Oc3ccccc3[C@@H]12. The lowest BCUT2D eigenvalue weighted by molar-refractivity contribution is -0.123. The van der Waals surface area contributed by atoms with Crippen LogP contribution in [0.2, 0.25) is 0 Å². The Labute approximate surface area is 165 Å². The highest BCUT2D eigenvalue weighted by molar-refractivity contribution is 5.88. The second kappa shape index (κ2) is 6.92. The molecule has 1 unspecified atom stereocenters. The molecule has 3 aromatic rings. The molecule has 0 aliphatic carbocycles. The Bertz CT molecular complexity index is 986. The van der Waals surface area contributed by atoms with Gasteiger partial charge in [-0.2, -0.15) is 0 Å². The third kappa shape index (κ3) is 2.74. The van der Waals surface area contributed by atoms with E-state index in [1.807, 2.05) is 54.6 Å². The van der Waals surface area contributed by atoms with Gasteiger partial charge in [0.1, 0.15) is 11.4 Å². The third-order valence-electron chi connectivity index (χ3n) is 6.07. The van der Waals surface area contributed by atoms with Crippen molar-refractivity contribution in [3.63, 3.8) is 0 Å². The van der Waals surface area contributed by atoms with E-state index >= 15 is 0 Å². The fourth-order valence-electron chi connectivity index (χ4n) is 4.84. The lowest BCUT2D eigenvalue weighted by atomic mass is 9.69. The number of hydrogen-bond donors (Lipinski definition) is 1. The zero-order valence-electron chi connectivity index (χ0n) is 15.7. The second-order valence-electron chi connectivity index (χ2n) is 7.68. The predicted molar refractivity (Wildman–Crippen MR) is 109 cm³/mol. The van der Waals surface area contributed by atoms with Gasteiger partial charge in [-0.05, 0) is 23.7 Å². The van der Waals surface area contributed by atoms with Crippen molar-refractivity contribution in [2.45, 2.75) is 30.4 Å². The first-order valence-electron chi connectivity index (χ1n) is 9.91. The summed E-state index contributed by atoms with van der Waals surface area (Å²) < 4.78 is 6.62. The van der Waals surface area contributed by atoms with Crippen LogP contribution in [0.1, 0.15) is 29.0 Å². The molecule has 1 saturated heterocycles. The van der Waals surface area contributed by atoms with E-state index < -0.39 is 5.60 Å². The number of Topliss-reactive ketones (excluding diaryl/α,β-unsaturated/α-hetero) is 1. The summed E-state index contributed by atoms with van der Waals surface area (Å²) >= 11 is 0. The Morgan fingerprint density at radius 1 is 0.929 bits per heavy atom. The van der Waals surface area contributed by atoms with Gasteiger partial charge in [0.2, 0.25) is 0 Å². The van der Waals surface area contributed by atoms with E-state index in [-0.39, 0.29) is 17.7 Å². The van der Waals surface area contributed by atoms with Gasteiger partial charge in [0.05, 0.1) is 12.0 Å². The van der Waals surface area contributed by atoms with Gasteiger partial charge in [-0.25, -0.2) is 0 Å². The number of nitrogens with one attached hydrogen (secondary N) is 1. The molecule has 0 amide bonds. The summed E-state index contributed by atoms with van der Waals surface area (Å²) in [6, 6.07) is 28.3. The Hall–Kier alpha value is -2.91. The highest BCUT2D eigenvalue weighted by atomic mass is 16.5. The molecule has 3 atom stereocenters. The Morgan fingerprint density at radius 3 is 2.39 bits per heavy atom. The van der Waals surface area contributed by atoms with E-state index in [1.165, 1.54) is 0 Å². The summed E-state index contributed by atoms with van der Waals surface area (Å²) in [6.45, 7) is 0.755. The topological polar surface area (TPSA) is 38.3 Å². The fraction of sp³-hybridized carbons (Fsp3) is 0.240. The van der Waals surface area contributed by atoms with Crippen LogP contribution in [0.4, 0.5) is 0 Å². The summed E-state index contributed by atoms with van der Waals surface area (Å²) in [4.78, 5) is 13.4. The molecule has 2 aliphatic rings. The van der Waals surface area contributed by atoms with Crippen molar-refractivity contribution in [1.29, 1.82) is 0 Å². The third-order valence-corrected chi connectivity index (χ3v) is 6.07. The minimum absolute atomic E-state index is 0.0314. The molecule has 2 aliphatic heterocycles. The van der Waals surface area contributed by atoms with Gasteiger partial charge in [0, 0.05) is 18.4 Å². The van der Waals surface area contributed by atoms with Crippen LogP contribution in [-0.4, -0.2) is 18.4 Å². The number of carbonyl (C=O) groups is 1. The van der Waals surface area contributed by atoms with Gasteiger partial charge in [-0.3, -0.25) is 4.79 Å². The van der Waals surface area contributed by atoms with E-state index in [0.717, 1.165) is 35.4 Å². The highest BCUT2D eigenvalue weighted by Gasteiger charge is 2.56. The molecule has 3 nitrogen and oxygen atoms in total. The first kappa shape index (κ1) is 17.2. The van der Waals surface area contributed by atoms with Crippen LogP contribution in [0.3, 0.4) is 0 Å². The number of para-hydroxylation sites is 1. The molecule has 2 heterocycles. The normalized spacial score (nSPS) is 25.4. The monoisotopic (exact) mass is 369 g/mol. The van der Waals surface area contributed by atoms with Gasteiger partial charge >= 0.3 is 0 Å². The van der Waals surface area contributed by atoms with Crippen LogP contribution < -0.4 is 10.1 Å². The minimum Gasteiger partial charge on any atom is -0.481 e. The van der Waals surface area contributed by atoms with E-state index in [2.05, 4.69) is 35.6 Å². The van der Waals surface area contributed by atoms with E-state index in [9.17, 15) is 4.79 Å². The fourth-order valence-corrected chi connectivity index (χ4v) is 4.84. The molecule has 0 radical (unpaired) electrons. The summed E-state index contributed by atoms with van der Waals surface area (Å²) in [7, 11) is 0. The molecule has 1 N–H and O–H groups in total. The smallest absolute Gasteiger partial charge is 0.154 e. The molecule has 1 fully saturated rings. The van der Waals surface area contributed by atoms with Crippen LogP contribution in [0.15, 0.2) is 84.9 Å². The van der Waals surface area contributed by atoms with Crippen molar-refractivity contribution in [1.82, 2.24) is 5.32 Å². The largest absolute Gasteiger partial charge is 0.481 e. The second-order valence-corrected chi connectivity index (χ2v) is 7.68. The number of rotatable bonds is 4. The van der Waals surface area contributed by atoms with Gasteiger partial charge < -0.3 is 10.1 Å². The maximum absolute atomic E-state index is 13.4. The van der Waals surface area contributed by atoms with Crippen molar-refractivity contribution < 1.29 is 9.53 Å². The summed E-state index contributed by atoms with van der Waals surface area (Å²) in [5.74, 6) is 1.09. The van der Waals surface area contributed by atoms with Gasteiger partial charge in [0.25, 0.3) is 0 Å². The molecule has 3 aromatic carbocycles. The van der Waals surface area contributed by atoms with Crippen molar-refractivity contribution in [3.05, 3.63) is 102 Å². The number of carbonyl (C=O) groups excluding carboxylic acids is 1. The van der Waals surface area contributed by atoms with E-state index in [4.69, 9.17) is 4.74 Å². The Balaban J connectivity index is 1.57. The molecule has 3 heteroatoms. The van der Waals surface area contributed by atoms with E-state index in [0.29, 0.717) is 6.42 Å². The highest BCUT2D eigenvalue weighted by Crippen LogP contribution is 2.55. The molecular formula is C25H23NO2. The van der Waals surface area contributed by atoms with Gasteiger partial charge in [0.15, 0.2) is 5.78 Å². The first-order valence-corrected chi connectivity index (χ1v) is 9.91. The van der Waals surface area contributed by atoms with Crippen LogP contribution in [-0.2, 0) is 16.8 Å². The minimum atomic E-state index is -0.493. The summed E-state index contributed by atoms with van der Waals surface area (Å²) in [6.07, 6.45) is 1.27. The predicted octanol–water partition coefficient (Wildman–Crippen LogP) is 4.23. The molecule has 0 spiro atoms. The van der Waals surface area contributed by atoms with Crippen LogP contribution in [0.5, 0.6) is 5.75 Å². The molecule has 0 aromatic heterocycles. The van der Waals surface area contributed by atoms with Crippen LogP contribution >= 0.6 is 0 Å². The van der Waals surface area contributed by atoms with Crippen LogP contribution in [0.25, 0.3) is 0 Å². The molecule has 5 rings (SSSR count). The lowest BCUT2D eigenvalue weighted by Crippen LogP contribution is -2.56. The average Bonchev–Trinajstić information content (AvgIpc) is 3.11. The quantitative estimate of drug-likeness (QED) is 0.748. The maximum Gasteiger partial charge on any atom is 0.154 e. The zero-order valence-corrected chi connectivity index (χ0v) is 15.7. The average molecular weight is 369 g/mol. The van der Waals surface area contributed by atoms with Crippen molar-refractivity contribution in [2.75, 3.05) is 6.54 Å². The standard InChI is InChI=1S/C25H23NO2/c27-21(17-18-9-3-1-4-10-18)24-23-20-13-7-8-14-22(20)28-25(23,15-16-26-24)19-11-5-2-6-12-19/h1-14,23-24,26H,15-17H2/t23-,24?,25-/m0/s1. The van der Waals surface area contributed by atoms with Gasteiger partial charge in [-0.15, -0.1) is 0 Å². The van der Waals surface area contributed by atoms with Crippen molar-refractivity contribution in [2.24, 2.45) is 0 Å². The lowest BCUT2D eigenvalue weighted by Gasteiger charge is -2.43. The number of ketones is 1. The van der Waals surface area contributed by atoms with Crippen LogP contribution in [0, 0.1) is 0 Å². The molecule has 0 saturated carbocycles. The van der Waals surface area contributed by atoms with Crippen molar-refractivity contribution in [3.8, 4) is 5.75 Å². The number of ether oxygens (including phenoxy) is 1. The maximum atomic E-state index is 13.4. The van der Waals surface area contributed by atoms with E-state index in [1.54, 1.807) is 0 Å². The molecule has 28 heavy (non-hydrogen) atoms. The van der Waals surface area contributed by atoms with Gasteiger partial charge in [-0.1, -0.05) is 78.9 Å². The first-order chi connectivity index (χ1) is 13.8. The van der Waals surface area contributed by atoms with Crippen molar-refractivity contribution >= 4 is 5.78 Å². The molecule has 0 bridgehead atoms. The number of piperidine rings is 1. The summed E-state index contributed by atoms with van der Waals surface area (Å²) in [5.41, 5.74) is 2.84. The number of benzene rings is 3. The Morgan fingerprint density at radius 2 is 1.61 bits per heavy atom. The summed E-state index contributed by atoms with van der Waals surface area (Å²) in [5, 5.41) is 3.52. The number of hydrogen-bond acceptors (Lipinski definition) is 3. The number of fused-ring (bicyclic) bond motifs is 3. The molecule has 140 valence electrons. The molecular weight excluding hydrogens is 346 g/mol.